The summed E-state index contributed by atoms with van der Waals surface area (Å²) in [4.78, 5) is 2.42. The molecule has 0 aromatic heterocycles. The van der Waals surface area contributed by atoms with Gasteiger partial charge in [-0.25, -0.2) is 0 Å². The molecule has 0 saturated carbocycles. The van der Waals surface area contributed by atoms with Crippen molar-refractivity contribution in [3.63, 3.8) is 0 Å². The second kappa shape index (κ2) is 7.36. The first-order valence-electron chi connectivity index (χ1n) is 8.09. The van der Waals surface area contributed by atoms with Crippen molar-refractivity contribution in [3.8, 4) is 0 Å². The maximum atomic E-state index is 9.59. The van der Waals surface area contributed by atoms with E-state index in [4.69, 9.17) is 4.74 Å². The van der Waals surface area contributed by atoms with Gasteiger partial charge in [-0.1, -0.05) is 30.3 Å². The molecular formula is C17H26N2O2. The van der Waals surface area contributed by atoms with Gasteiger partial charge in [-0.15, -0.1) is 0 Å². The molecule has 3 rings (SSSR count). The molecule has 0 amide bonds. The van der Waals surface area contributed by atoms with E-state index in [-0.39, 0.29) is 12.6 Å². The van der Waals surface area contributed by atoms with E-state index in [0.717, 1.165) is 39.1 Å². The highest BCUT2D eigenvalue weighted by molar-refractivity contribution is 5.16. The molecule has 4 nitrogen and oxygen atoms in total. The van der Waals surface area contributed by atoms with E-state index in [1.54, 1.807) is 0 Å². The summed E-state index contributed by atoms with van der Waals surface area (Å²) in [7, 11) is 0. The zero-order valence-corrected chi connectivity index (χ0v) is 12.6. The fraction of sp³-hybridized carbons (Fsp3) is 0.647. The third-order valence-electron chi connectivity index (χ3n) is 4.61. The third-order valence-corrected chi connectivity index (χ3v) is 4.61. The highest BCUT2D eigenvalue weighted by Gasteiger charge is 2.30. The Morgan fingerprint density at radius 1 is 1.29 bits per heavy atom. The topological polar surface area (TPSA) is 44.7 Å². The van der Waals surface area contributed by atoms with E-state index in [9.17, 15) is 5.11 Å². The summed E-state index contributed by atoms with van der Waals surface area (Å²) >= 11 is 0. The molecule has 1 aromatic carbocycles. The van der Waals surface area contributed by atoms with Crippen LogP contribution in [-0.4, -0.2) is 61.0 Å². The lowest BCUT2D eigenvalue weighted by atomic mass is 10.0. The summed E-state index contributed by atoms with van der Waals surface area (Å²) < 4.78 is 5.76. The van der Waals surface area contributed by atoms with Crippen LogP contribution in [0.25, 0.3) is 0 Å². The van der Waals surface area contributed by atoms with Gasteiger partial charge in [0.2, 0.25) is 0 Å². The minimum absolute atomic E-state index is 0.220. The zero-order valence-electron chi connectivity index (χ0n) is 12.6. The molecule has 3 unspecified atom stereocenters. The maximum absolute atomic E-state index is 9.59. The summed E-state index contributed by atoms with van der Waals surface area (Å²) in [5.74, 6) is 0. The van der Waals surface area contributed by atoms with Gasteiger partial charge in [-0.3, -0.25) is 4.90 Å². The average Bonchev–Trinajstić information content (AvgIpc) is 3.02. The summed E-state index contributed by atoms with van der Waals surface area (Å²) in [5, 5.41) is 13.2. The Hall–Kier alpha value is -0.940. The molecule has 2 N–H and O–H groups in total. The minimum atomic E-state index is 0.220. The van der Waals surface area contributed by atoms with Crippen molar-refractivity contribution in [2.45, 2.75) is 37.5 Å². The molecule has 2 saturated heterocycles. The number of ether oxygens (including phenoxy) is 1. The summed E-state index contributed by atoms with van der Waals surface area (Å²) in [6.07, 6.45) is 3.73. The average molecular weight is 290 g/mol. The van der Waals surface area contributed by atoms with Gasteiger partial charge >= 0.3 is 0 Å². The molecule has 21 heavy (non-hydrogen) atoms. The molecule has 2 aliphatic heterocycles. The Morgan fingerprint density at radius 3 is 2.86 bits per heavy atom. The Bertz CT molecular complexity index is 420. The smallest absolute Gasteiger partial charge is 0.0703 e. The van der Waals surface area contributed by atoms with E-state index >= 15 is 0 Å². The van der Waals surface area contributed by atoms with Crippen molar-refractivity contribution in [1.29, 1.82) is 0 Å². The maximum Gasteiger partial charge on any atom is 0.0703 e. The predicted molar refractivity (Wildman–Crippen MR) is 83.4 cm³/mol. The number of hydrogen-bond donors (Lipinski definition) is 2. The summed E-state index contributed by atoms with van der Waals surface area (Å²) in [6, 6.07) is 11.3. The first kappa shape index (κ1) is 15.0. The fourth-order valence-corrected chi connectivity index (χ4v) is 3.42. The standard InChI is InChI=1S/C17H26N2O2/c20-13-16-10-18-15(9-14-5-2-1-3-6-14)11-19(16)12-17-7-4-8-21-17/h1-3,5-6,15-18,20H,4,7-13H2. The predicted octanol–water partition coefficient (Wildman–Crippen LogP) is 1.04. The van der Waals surface area contributed by atoms with E-state index in [2.05, 4.69) is 40.5 Å². The Labute approximate surface area is 127 Å². The van der Waals surface area contributed by atoms with Crippen LogP contribution < -0.4 is 5.32 Å². The Kier molecular flexibility index (Phi) is 5.25. The molecule has 2 heterocycles. The van der Waals surface area contributed by atoms with Crippen molar-refractivity contribution < 1.29 is 9.84 Å². The van der Waals surface area contributed by atoms with Crippen molar-refractivity contribution in [2.24, 2.45) is 0 Å². The van der Waals surface area contributed by atoms with Gasteiger partial charge in [0.25, 0.3) is 0 Å². The molecule has 116 valence electrons. The molecular weight excluding hydrogens is 264 g/mol. The Morgan fingerprint density at radius 2 is 2.14 bits per heavy atom. The monoisotopic (exact) mass is 290 g/mol. The number of rotatable bonds is 5. The second-order valence-corrected chi connectivity index (χ2v) is 6.22. The molecule has 2 aliphatic rings. The number of nitrogens with zero attached hydrogens (tertiary/aromatic N) is 1. The lowest BCUT2D eigenvalue weighted by Crippen LogP contribution is -2.59. The number of aliphatic hydroxyl groups is 1. The molecule has 0 aliphatic carbocycles. The van der Waals surface area contributed by atoms with Crippen molar-refractivity contribution in [3.05, 3.63) is 35.9 Å². The van der Waals surface area contributed by atoms with Crippen LogP contribution in [0.5, 0.6) is 0 Å². The quantitative estimate of drug-likeness (QED) is 0.850. The van der Waals surface area contributed by atoms with E-state index in [0.29, 0.717) is 12.1 Å². The molecule has 0 radical (unpaired) electrons. The van der Waals surface area contributed by atoms with Gasteiger partial charge in [0, 0.05) is 38.3 Å². The largest absolute Gasteiger partial charge is 0.395 e. The molecule has 2 fully saturated rings. The van der Waals surface area contributed by atoms with Gasteiger partial charge < -0.3 is 15.2 Å². The molecule has 1 aromatic rings. The lowest BCUT2D eigenvalue weighted by molar-refractivity contribution is 0.0224. The van der Waals surface area contributed by atoms with Crippen LogP contribution in [0.1, 0.15) is 18.4 Å². The van der Waals surface area contributed by atoms with Crippen molar-refractivity contribution in [2.75, 3.05) is 32.8 Å². The number of aliphatic hydroxyl groups excluding tert-OH is 1. The Balaban J connectivity index is 1.57. The second-order valence-electron chi connectivity index (χ2n) is 6.22. The van der Waals surface area contributed by atoms with E-state index in [1.165, 1.54) is 12.0 Å². The highest BCUT2D eigenvalue weighted by atomic mass is 16.5. The van der Waals surface area contributed by atoms with Crippen LogP contribution in [0, 0.1) is 0 Å². The zero-order chi connectivity index (χ0) is 14.5. The first-order chi connectivity index (χ1) is 10.3. The van der Waals surface area contributed by atoms with Gasteiger partial charge in [0.15, 0.2) is 0 Å². The van der Waals surface area contributed by atoms with Gasteiger partial charge in [-0.05, 0) is 24.8 Å². The van der Waals surface area contributed by atoms with Gasteiger partial charge in [0.05, 0.1) is 12.7 Å². The number of nitrogens with one attached hydrogen (secondary N) is 1. The van der Waals surface area contributed by atoms with Crippen LogP contribution in [0.2, 0.25) is 0 Å². The van der Waals surface area contributed by atoms with Gasteiger partial charge in [0.1, 0.15) is 0 Å². The van der Waals surface area contributed by atoms with Crippen LogP contribution in [0.4, 0.5) is 0 Å². The minimum Gasteiger partial charge on any atom is -0.395 e. The van der Waals surface area contributed by atoms with Crippen LogP contribution in [0.15, 0.2) is 30.3 Å². The van der Waals surface area contributed by atoms with E-state index < -0.39 is 0 Å². The van der Waals surface area contributed by atoms with Crippen molar-refractivity contribution in [1.82, 2.24) is 10.2 Å². The third kappa shape index (κ3) is 4.04. The highest BCUT2D eigenvalue weighted by Crippen LogP contribution is 2.17. The molecule has 0 spiro atoms. The first-order valence-corrected chi connectivity index (χ1v) is 8.09. The number of benzene rings is 1. The van der Waals surface area contributed by atoms with E-state index in [1.807, 2.05) is 0 Å². The molecule has 4 heteroatoms. The SMILES string of the molecule is OCC1CNC(Cc2ccccc2)CN1CC1CCCO1. The van der Waals surface area contributed by atoms with Crippen molar-refractivity contribution >= 4 is 0 Å². The van der Waals surface area contributed by atoms with Gasteiger partial charge in [-0.2, -0.15) is 0 Å². The fourth-order valence-electron chi connectivity index (χ4n) is 3.42. The van der Waals surface area contributed by atoms with Crippen LogP contribution in [0.3, 0.4) is 0 Å². The normalized spacial score (nSPS) is 30.6. The summed E-state index contributed by atoms with van der Waals surface area (Å²) in [5.41, 5.74) is 1.37. The van der Waals surface area contributed by atoms with Crippen LogP contribution >= 0.6 is 0 Å². The number of piperazine rings is 1. The lowest BCUT2D eigenvalue weighted by Gasteiger charge is -2.40. The molecule has 3 atom stereocenters. The van der Waals surface area contributed by atoms with Crippen LogP contribution in [-0.2, 0) is 11.2 Å². The number of hydrogen-bond acceptors (Lipinski definition) is 4. The summed E-state index contributed by atoms with van der Waals surface area (Å²) in [6.45, 7) is 3.92. The molecule has 0 bridgehead atoms.